The number of hydrogen-bond donors (Lipinski definition) is 3. The van der Waals surface area contributed by atoms with Crippen LogP contribution in [0.5, 0.6) is 0 Å². The number of aliphatic imine (C=N–C) groups is 1. The summed E-state index contributed by atoms with van der Waals surface area (Å²) < 4.78 is 0. The van der Waals surface area contributed by atoms with Gasteiger partial charge in [0.1, 0.15) is 0 Å². The number of pyridine rings is 1. The lowest BCUT2D eigenvalue weighted by molar-refractivity contribution is 0.0367. The van der Waals surface area contributed by atoms with E-state index in [2.05, 4.69) is 26.7 Å². The number of aromatic nitrogens is 1. The Morgan fingerprint density at radius 3 is 2.52 bits per heavy atom. The van der Waals surface area contributed by atoms with Crippen molar-refractivity contribution in [2.24, 2.45) is 4.99 Å². The Kier molecular flexibility index (Phi) is 9.13. The summed E-state index contributed by atoms with van der Waals surface area (Å²) >= 11 is 0. The van der Waals surface area contributed by atoms with Crippen molar-refractivity contribution < 1.29 is 5.11 Å². The second kappa shape index (κ2) is 10.6. The third-order valence-electron chi connectivity index (χ3n) is 4.39. The summed E-state index contributed by atoms with van der Waals surface area (Å²) in [4.78, 5) is 9.04. The molecular formula is C19H29IN4O. The van der Waals surface area contributed by atoms with Gasteiger partial charge >= 0.3 is 0 Å². The van der Waals surface area contributed by atoms with E-state index in [-0.39, 0.29) is 24.0 Å². The highest BCUT2D eigenvalue weighted by atomic mass is 127. The molecule has 6 heteroatoms. The van der Waals surface area contributed by atoms with Crippen LogP contribution >= 0.6 is 24.0 Å². The fraction of sp³-hybridized carbons (Fsp3) is 0.474. The first-order chi connectivity index (χ1) is 11.6. The lowest BCUT2D eigenvalue weighted by Gasteiger charge is -2.26. The molecule has 0 saturated heterocycles. The van der Waals surface area contributed by atoms with Crippen LogP contribution in [0.4, 0.5) is 0 Å². The first kappa shape index (κ1) is 21.6. The van der Waals surface area contributed by atoms with Gasteiger partial charge in [-0.2, -0.15) is 0 Å². The van der Waals surface area contributed by atoms with Crippen molar-refractivity contribution in [1.29, 1.82) is 0 Å². The van der Waals surface area contributed by atoms with Gasteiger partial charge in [0.2, 0.25) is 0 Å². The van der Waals surface area contributed by atoms with Gasteiger partial charge in [-0.25, -0.2) is 4.99 Å². The molecule has 0 spiro atoms. The molecule has 0 saturated carbocycles. The number of halogens is 1. The molecule has 2 rings (SSSR count). The number of rotatable bonds is 7. The van der Waals surface area contributed by atoms with Crippen LogP contribution < -0.4 is 10.6 Å². The molecule has 0 radical (unpaired) electrons. The van der Waals surface area contributed by atoms with Crippen LogP contribution in [0.25, 0.3) is 10.9 Å². The van der Waals surface area contributed by atoms with E-state index in [9.17, 15) is 5.11 Å². The summed E-state index contributed by atoms with van der Waals surface area (Å²) in [6, 6.07) is 10.1. The summed E-state index contributed by atoms with van der Waals surface area (Å²) in [5, 5.41) is 18.0. The van der Waals surface area contributed by atoms with Gasteiger partial charge in [0, 0.05) is 24.7 Å². The minimum absolute atomic E-state index is 0. The average Bonchev–Trinajstić information content (AvgIpc) is 2.63. The highest BCUT2D eigenvalue weighted by Crippen LogP contribution is 2.17. The predicted molar refractivity (Wildman–Crippen MR) is 116 cm³/mol. The van der Waals surface area contributed by atoms with Gasteiger partial charge in [-0.05, 0) is 37.5 Å². The van der Waals surface area contributed by atoms with Gasteiger partial charge in [-0.1, -0.05) is 32.0 Å². The second-order valence-corrected chi connectivity index (χ2v) is 5.97. The van der Waals surface area contributed by atoms with Gasteiger partial charge in [0.15, 0.2) is 5.96 Å². The molecule has 0 fully saturated rings. The quantitative estimate of drug-likeness (QED) is 0.339. The first-order valence-electron chi connectivity index (χ1n) is 8.69. The van der Waals surface area contributed by atoms with Crippen molar-refractivity contribution in [2.75, 3.05) is 13.1 Å². The van der Waals surface area contributed by atoms with Crippen molar-refractivity contribution >= 4 is 40.8 Å². The summed E-state index contributed by atoms with van der Waals surface area (Å²) in [6.07, 6.45) is 3.25. The first-order valence-corrected chi connectivity index (χ1v) is 8.69. The van der Waals surface area contributed by atoms with E-state index in [0.717, 1.165) is 29.0 Å². The van der Waals surface area contributed by atoms with Crippen LogP contribution in [-0.2, 0) is 6.54 Å². The SMILES string of the molecule is CCNC(=NCc1ccnc2ccccc12)NCC(O)(CC)CC.I. The average molecular weight is 456 g/mol. The molecule has 0 aliphatic carbocycles. The van der Waals surface area contributed by atoms with E-state index < -0.39 is 5.60 Å². The summed E-state index contributed by atoms with van der Waals surface area (Å²) in [5.41, 5.74) is 1.42. The predicted octanol–water partition coefficient (Wildman–Crippen LogP) is 3.46. The van der Waals surface area contributed by atoms with Crippen LogP contribution in [-0.4, -0.2) is 34.7 Å². The van der Waals surface area contributed by atoms with E-state index in [1.54, 1.807) is 0 Å². The number of nitrogens with one attached hydrogen (secondary N) is 2. The summed E-state index contributed by atoms with van der Waals surface area (Å²) in [5.74, 6) is 0.721. The molecule has 0 unspecified atom stereocenters. The molecule has 1 aromatic heterocycles. The topological polar surface area (TPSA) is 69.5 Å². The van der Waals surface area contributed by atoms with Crippen LogP contribution in [0.2, 0.25) is 0 Å². The van der Waals surface area contributed by atoms with Gasteiger partial charge < -0.3 is 15.7 Å². The van der Waals surface area contributed by atoms with E-state index in [0.29, 0.717) is 25.9 Å². The molecule has 0 aliphatic heterocycles. The highest BCUT2D eigenvalue weighted by molar-refractivity contribution is 14.0. The number of para-hydroxylation sites is 1. The minimum Gasteiger partial charge on any atom is -0.388 e. The monoisotopic (exact) mass is 456 g/mol. The van der Waals surface area contributed by atoms with Crippen molar-refractivity contribution in [1.82, 2.24) is 15.6 Å². The Balaban J connectivity index is 0.00000312. The zero-order chi connectivity index (χ0) is 17.4. The fourth-order valence-electron chi connectivity index (χ4n) is 2.55. The molecule has 1 heterocycles. The molecule has 25 heavy (non-hydrogen) atoms. The number of hydrogen-bond acceptors (Lipinski definition) is 3. The smallest absolute Gasteiger partial charge is 0.191 e. The number of aliphatic hydroxyl groups is 1. The molecule has 0 amide bonds. The minimum atomic E-state index is -0.695. The Morgan fingerprint density at radius 2 is 1.84 bits per heavy atom. The van der Waals surface area contributed by atoms with Gasteiger partial charge in [0.05, 0.1) is 17.7 Å². The van der Waals surface area contributed by atoms with E-state index in [4.69, 9.17) is 0 Å². The van der Waals surface area contributed by atoms with E-state index in [1.165, 1.54) is 0 Å². The zero-order valence-corrected chi connectivity index (χ0v) is 17.6. The Labute approximate surface area is 167 Å². The van der Waals surface area contributed by atoms with Gasteiger partial charge in [-0.15, -0.1) is 24.0 Å². The summed E-state index contributed by atoms with van der Waals surface area (Å²) in [6.45, 7) is 7.86. The van der Waals surface area contributed by atoms with Crippen molar-refractivity contribution in [3.63, 3.8) is 0 Å². The summed E-state index contributed by atoms with van der Waals surface area (Å²) in [7, 11) is 0. The Bertz CT molecular complexity index is 681. The van der Waals surface area contributed by atoms with Crippen LogP contribution in [0.1, 0.15) is 39.2 Å². The molecular weight excluding hydrogens is 427 g/mol. The number of guanidine groups is 1. The fourth-order valence-corrected chi connectivity index (χ4v) is 2.55. The molecule has 0 atom stereocenters. The van der Waals surface area contributed by atoms with Gasteiger partial charge in [-0.3, -0.25) is 4.98 Å². The Hall–Kier alpha value is -1.41. The number of nitrogens with zero attached hydrogens (tertiary/aromatic N) is 2. The number of fused-ring (bicyclic) bond motifs is 1. The highest BCUT2D eigenvalue weighted by Gasteiger charge is 2.22. The zero-order valence-electron chi connectivity index (χ0n) is 15.2. The van der Waals surface area contributed by atoms with Gasteiger partial charge in [0.25, 0.3) is 0 Å². The number of benzene rings is 1. The maximum absolute atomic E-state index is 10.4. The molecule has 0 bridgehead atoms. The lowest BCUT2D eigenvalue weighted by atomic mass is 9.98. The normalized spacial score (nSPS) is 11.9. The standard InChI is InChI=1S/C19H28N4O.HI/c1-4-19(24,5-2)14-23-18(20-6-3)22-13-15-11-12-21-17-10-8-7-9-16(15)17;/h7-12,24H,4-6,13-14H2,1-3H3,(H2,20,22,23);1H. The third kappa shape index (κ3) is 6.11. The van der Waals surface area contributed by atoms with E-state index in [1.807, 2.05) is 51.2 Å². The second-order valence-electron chi connectivity index (χ2n) is 5.97. The molecule has 5 nitrogen and oxygen atoms in total. The largest absolute Gasteiger partial charge is 0.388 e. The van der Waals surface area contributed by atoms with Crippen LogP contribution in [0.15, 0.2) is 41.5 Å². The maximum Gasteiger partial charge on any atom is 0.191 e. The van der Waals surface area contributed by atoms with Crippen LogP contribution in [0.3, 0.4) is 0 Å². The molecule has 138 valence electrons. The molecule has 1 aromatic carbocycles. The molecule has 0 aliphatic rings. The lowest BCUT2D eigenvalue weighted by Crippen LogP contribution is -2.46. The van der Waals surface area contributed by atoms with Crippen molar-refractivity contribution in [3.05, 3.63) is 42.1 Å². The van der Waals surface area contributed by atoms with Crippen molar-refractivity contribution in [2.45, 2.75) is 45.8 Å². The molecule has 2 aromatic rings. The van der Waals surface area contributed by atoms with Crippen LogP contribution in [0, 0.1) is 0 Å². The maximum atomic E-state index is 10.4. The molecule has 3 N–H and O–H groups in total. The van der Waals surface area contributed by atoms with E-state index >= 15 is 0 Å². The third-order valence-corrected chi connectivity index (χ3v) is 4.39. The van der Waals surface area contributed by atoms with Crippen molar-refractivity contribution in [3.8, 4) is 0 Å². The Morgan fingerprint density at radius 1 is 1.12 bits per heavy atom.